The highest BCUT2D eigenvalue weighted by atomic mass is 32.2. The highest BCUT2D eigenvalue weighted by Gasteiger charge is 2.62. The Hall–Kier alpha value is -1.82. The molecule has 1 aliphatic rings. The Morgan fingerprint density at radius 2 is 1.85 bits per heavy atom. The van der Waals surface area contributed by atoms with Gasteiger partial charge < -0.3 is 15.8 Å². The number of nitrogens with two attached hydrogens (primary N) is 1. The van der Waals surface area contributed by atoms with Crippen molar-refractivity contribution in [3.63, 3.8) is 0 Å². The molecule has 3 rings (SSSR count). The van der Waals surface area contributed by atoms with Gasteiger partial charge in [0.2, 0.25) is 5.91 Å². The Bertz CT molecular complexity index is 794. The fraction of sp³-hybridized carbons (Fsp3) is 0.409. The predicted molar refractivity (Wildman–Crippen MR) is 110 cm³/mol. The smallest absolute Gasteiger partial charge is 0.241 e. The van der Waals surface area contributed by atoms with Gasteiger partial charge in [0.25, 0.3) is 0 Å². The van der Waals surface area contributed by atoms with Crippen LogP contribution in [0.5, 0.6) is 0 Å². The van der Waals surface area contributed by atoms with E-state index in [0.717, 1.165) is 10.5 Å². The summed E-state index contributed by atoms with van der Waals surface area (Å²) in [4.78, 5) is 15.2. The number of carbonyl (C=O) groups excluding carboxylic acids is 1. The summed E-state index contributed by atoms with van der Waals surface area (Å²) >= 11 is 1.70. The zero-order valence-electron chi connectivity index (χ0n) is 16.2. The first-order chi connectivity index (χ1) is 12.9. The van der Waals surface area contributed by atoms with Crippen molar-refractivity contribution in [2.75, 3.05) is 6.61 Å². The molecule has 1 saturated carbocycles. The predicted octanol–water partition coefficient (Wildman–Crippen LogP) is 3.99. The lowest BCUT2D eigenvalue weighted by molar-refractivity contribution is -0.170. The molecule has 2 atom stereocenters. The summed E-state index contributed by atoms with van der Waals surface area (Å²) in [6.07, 6.45) is 0.583. The number of carbonyl (C=O) groups is 1. The first kappa shape index (κ1) is 19.9. The fourth-order valence-electron chi connectivity index (χ4n) is 3.52. The highest BCUT2D eigenvalue weighted by Crippen LogP contribution is 2.49. The molecular formula is C22H28N2O2S. The quantitative estimate of drug-likeness (QED) is 0.758. The third-order valence-electron chi connectivity index (χ3n) is 5.62. The number of benzene rings is 2. The molecule has 1 aliphatic carbocycles. The molecule has 1 amide bonds. The minimum atomic E-state index is -0.894. The topological polar surface area (TPSA) is 64.3 Å². The zero-order valence-corrected chi connectivity index (χ0v) is 17.0. The molecule has 2 aromatic rings. The van der Waals surface area contributed by atoms with E-state index in [0.29, 0.717) is 19.6 Å². The SMILES string of the molecule is CCOC1CC(N)(C(=O)NCc2ccccc2Sc2ccccc2)C1(C)C. The second kappa shape index (κ2) is 8.05. The van der Waals surface area contributed by atoms with Gasteiger partial charge in [-0.15, -0.1) is 0 Å². The molecule has 144 valence electrons. The monoisotopic (exact) mass is 384 g/mol. The number of nitrogens with one attached hydrogen (secondary N) is 1. The van der Waals surface area contributed by atoms with E-state index >= 15 is 0 Å². The van der Waals surface area contributed by atoms with Crippen LogP contribution in [0.4, 0.5) is 0 Å². The van der Waals surface area contributed by atoms with Crippen LogP contribution in [-0.4, -0.2) is 24.2 Å². The van der Waals surface area contributed by atoms with Crippen LogP contribution in [-0.2, 0) is 16.1 Å². The fourth-order valence-corrected chi connectivity index (χ4v) is 4.48. The number of rotatable bonds is 7. The Morgan fingerprint density at radius 1 is 1.19 bits per heavy atom. The maximum Gasteiger partial charge on any atom is 0.241 e. The Morgan fingerprint density at radius 3 is 2.52 bits per heavy atom. The molecule has 1 fully saturated rings. The van der Waals surface area contributed by atoms with Crippen LogP contribution in [0.2, 0.25) is 0 Å². The number of ether oxygens (including phenoxy) is 1. The Balaban J connectivity index is 1.66. The normalized spacial score (nSPS) is 23.5. The van der Waals surface area contributed by atoms with Crippen LogP contribution in [0.1, 0.15) is 32.8 Å². The van der Waals surface area contributed by atoms with E-state index in [-0.39, 0.29) is 17.4 Å². The van der Waals surface area contributed by atoms with Crippen LogP contribution in [0, 0.1) is 5.41 Å². The average Bonchev–Trinajstić information content (AvgIpc) is 2.67. The number of amides is 1. The molecule has 0 bridgehead atoms. The van der Waals surface area contributed by atoms with Gasteiger partial charge in [-0.3, -0.25) is 4.79 Å². The van der Waals surface area contributed by atoms with E-state index in [1.54, 1.807) is 11.8 Å². The van der Waals surface area contributed by atoms with Crippen LogP contribution < -0.4 is 11.1 Å². The molecule has 0 aliphatic heterocycles. The van der Waals surface area contributed by atoms with Gasteiger partial charge in [-0.05, 0) is 30.7 Å². The molecule has 2 unspecified atom stereocenters. The largest absolute Gasteiger partial charge is 0.378 e. The van der Waals surface area contributed by atoms with Crippen molar-refractivity contribution in [3.05, 3.63) is 60.2 Å². The lowest BCUT2D eigenvalue weighted by atomic mass is 9.54. The maximum absolute atomic E-state index is 12.9. The van der Waals surface area contributed by atoms with Crippen molar-refractivity contribution in [1.82, 2.24) is 5.32 Å². The summed E-state index contributed by atoms with van der Waals surface area (Å²) in [5.74, 6) is -0.108. The molecule has 0 radical (unpaired) electrons. The van der Waals surface area contributed by atoms with Gasteiger partial charge in [-0.1, -0.05) is 62.0 Å². The Labute approximate surface area is 165 Å². The summed E-state index contributed by atoms with van der Waals surface area (Å²) in [5.41, 5.74) is 6.28. The van der Waals surface area contributed by atoms with E-state index in [1.165, 1.54) is 4.90 Å². The summed E-state index contributed by atoms with van der Waals surface area (Å²) in [5, 5.41) is 3.05. The summed E-state index contributed by atoms with van der Waals surface area (Å²) in [6.45, 7) is 7.08. The summed E-state index contributed by atoms with van der Waals surface area (Å²) < 4.78 is 5.72. The van der Waals surface area contributed by atoms with Crippen molar-refractivity contribution < 1.29 is 9.53 Å². The molecule has 0 spiro atoms. The van der Waals surface area contributed by atoms with Gasteiger partial charge in [0.15, 0.2) is 0 Å². The molecule has 0 aromatic heterocycles. The molecular weight excluding hydrogens is 356 g/mol. The minimum Gasteiger partial charge on any atom is -0.378 e. The van der Waals surface area contributed by atoms with Crippen LogP contribution in [0.25, 0.3) is 0 Å². The number of hydrogen-bond donors (Lipinski definition) is 2. The van der Waals surface area contributed by atoms with Crippen molar-refractivity contribution >= 4 is 17.7 Å². The van der Waals surface area contributed by atoms with Crippen LogP contribution >= 0.6 is 11.8 Å². The second-order valence-electron chi connectivity index (χ2n) is 7.55. The maximum atomic E-state index is 12.9. The molecule has 0 heterocycles. The van der Waals surface area contributed by atoms with Crippen molar-refractivity contribution in [2.45, 2.75) is 55.2 Å². The van der Waals surface area contributed by atoms with Crippen molar-refractivity contribution in [2.24, 2.45) is 11.1 Å². The van der Waals surface area contributed by atoms with E-state index in [9.17, 15) is 4.79 Å². The highest BCUT2D eigenvalue weighted by molar-refractivity contribution is 7.99. The van der Waals surface area contributed by atoms with E-state index < -0.39 is 5.54 Å². The number of hydrogen-bond acceptors (Lipinski definition) is 4. The van der Waals surface area contributed by atoms with Crippen molar-refractivity contribution in [3.8, 4) is 0 Å². The standard InChI is InChI=1S/C22H28N2O2S/c1-4-26-19-14-22(23,21(19,2)3)20(25)24-15-16-10-8-9-13-18(16)27-17-11-6-5-7-12-17/h5-13,19H,4,14-15,23H2,1-3H3,(H,24,25). The average molecular weight is 385 g/mol. The first-order valence-corrected chi connectivity index (χ1v) is 10.2. The molecule has 3 N–H and O–H groups in total. The van der Waals surface area contributed by atoms with E-state index in [1.807, 2.05) is 57.2 Å². The molecule has 4 nitrogen and oxygen atoms in total. The minimum absolute atomic E-state index is 0.0270. The van der Waals surface area contributed by atoms with E-state index in [4.69, 9.17) is 10.5 Å². The molecule has 27 heavy (non-hydrogen) atoms. The zero-order chi connectivity index (χ0) is 19.5. The molecule has 2 aromatic carbocycles. The van der Waals surface area contributed by atoms with Gasteiger partial charge in [0.1, 0.15) is 5.54 Å². The van der Waals surface area contributed by atoms with Gasteiger partial charge in [-0.25, -0.2) is 0 Å². The van der Waals surface area contributed by atoms with Gasteiger partial charge in [0.05, 0.1) is 6.10 Å². The molecule has 0 saturated heterocycles. The van der Waals surface area contributed by atoms with Gasteiger partial charge in [0, 0.05) is 34.8 Å². The third kappa shape index (κ3) is 3.91. The lowest BCUT2D eigenvalue weighted by Gasteiger charge is -2.57. The summed E-state index contributed by atoms with van der Waals surface area (Å²) in [7, 11) is 0. The van der Waals surface area contributed by atoms with Gasteiger partial charge >= 0.3 is 0 Å². The van der Waals surface area contributed by atoms with Gasteiger partial charge in [-0.2, -0.15) is 0 Å². The first-order valence-electron chi connectivity index (χ1n) is 9.38. The summed E-state index contributed by atoms with van der Waals surface area (Å²) in [6, 6.07) is 18.4. The van der Waals surface area contributed by atoms with E-state index in [2.05, 4.69) is 23.5 Å². The third-order valence-corrected chi connectivity index (χ3v) is 6.74. The lowest BCUT2D eigenvalue weighted by Crippen LogP contribution is -2.75. The van der Waals surface area contributed by atoms with Crippen molar-refractivity contribution in [1.29, 1.82) is 0 Å². The van der Waals surface area contributed by atoms with Crippen LogP contribution in [0.3, 0.4) is 0 Å². The molecule has 5 heteroatoms. The van der Waals surface area contributed by atoms with Crippen LogP contribution in [0.15, 0.2) is 64.4 Å². The second-order valence-corrected chi connectivity index (χ2v) is 8.66. The Kier molecular flexibility index (Phi) is 5.94.